The van der Waals surface area contributed by atoms with E-state index in [1.54, 1.807) is 30.5 Å². The molecule has 3 heterocycles. The van der Waals surface area contributed by atoms with Gasteiger partial charge in [-0.25, -0.2) is 0 Å². The number of aromatic nitrogens is 3. The van der Waals surface area contributed by atoms with Crippen LogP contribution in [0.15, 0.2) is 49.1 Å². The maximum Gasteiger partial charge on any atom is 0.256 e. The smallest absolute Gasteiger partial charge is 0.256 e. The maximum atomic E-state index is 12.7. The van der Waals surface area contributed by atoms with Gasteiger partial charge in [0.2, 0.25) is 5.91 Å². The predicted octanol–water partition coefficient (Wildman–Crippen LogP) is 0.877. The van der Waals surface area contributed by atoms with Crippen LogP contribution in [0.4, 0.5) is 5.69 Å². The number of carbonyl (C=O) groups excluding carboxylic acids is 2. The number of aryl methyl sites for hydroxylation is 1. The second-order valence-electron chi connectivity index (χ2n) is 6.53. The van der Waals surface area contributed by atoms with Crippen LogP contribution in [0.1, 0.15) is 11.7 Å². The van der Waals surface area contributed by atoms with Gasteiger partial charge in [-0.3, -0.25) is 19.3 Å². The summed E-state index contributed by atoms with van der Waals surface area (Å²) in [6.07, 6.45) is 5.17. The van der Waals surface area contributed by atoms with Crippen LogP contribution in [0.3, 0.4) is 0 Å². The van der Waals surface area contributed by atoms with Crippen molar-refractivity contribution in [3.05, 3.63) is 54.6 Å². The molecule has 1 aliphatic heterocycles. The van der Waals surface area contributed by atoms with Gasteiger partial charge in [-0.1, -0.05) is 12.1 Å². The summed E-state index contributed by atoms with van der Waals surface area (Å²) in [5.74, 6) is -0.671. The third kappa shape index (κ3) is 3.15. The number of hydrogen-bond donors (Lipinski definition) is 1. The van der Waals surface area contributed by atoms with Crippen molar-refractivity contribution < 1.29 is 14.7 Å². The van der Waals surface area contributed by atoms with Crippen molar-refractivity contribution in [3.63, 3.8) is 0 Å². The number of nitrogens with zero attached hydrogens (tertiary/aromatic N) is 5. The Morgan fingerprint density at radius 1 is 1.22 bits per heavy atom. The van der Waals surface area contributed by atoms with E-state index in [-0.39, 0.29) is 12.5 Å². The van der Waals surface area contributed by atoms with E-state index in [2.05, 4.69) is 10.1 Å². The van der Waals surface area contributed by atoms with E-state index in [0.717, 1.165) is 16.5 Å². The van der Waals surface area contributed by atoms with Gasteiger partial charge in [0.1, 0.15) is 6.54 Å². The van der Waals surface area contributed by atoms with Gasteiger partial charge in [0, 0.05) is 55.1 Å². The molecule has 1 aliphatic rings. The highest BCUT2D eigenvalue weighted by molar-refractivity contribution is 6.05. The molecule has 0 radical (unpaired) electrons. The van der Waals surface area contributed by atoms with Gasteiger partial charge in [-0.05, 0) is 12.1 Å². The molecule has 1 aromatic carbocycles. The van der Waals surface area contributed by atoms with Crippen LogP contribution >= 0.6 is 0 Å². The van der Waals surface area contributed by atoms with Crippen molar-refractivity contribution in [2.45, 2.75) is 6.10 Å². The van der Waals surface area contributed by atoms with Gasteiger partial charge in [0.15, 0.2) is 6.10 Å². The van der Waals surface area contributed by atoms with E-state index < -0.39 is 12.0 Å². The number of pyridine rings is 1. The molecule has 138 valence electrons. The maximum absolute atomic E-state index is 12.7. The van der Waals surface area contributed by atoms with E-state index in [4.69, 9.17) is 0 Å². The van der Waals surface area contributed by atoms with Crippen LogP contribution in [0.5, 0.6) is 0 Å². The lowest BCUT2D eigenvalue weighted by Crippen LogP contribution is -2.53. The van der Waals surface area contributed by atoms with Crippen LogP contribution in [-0.4, -0.2) is 56.2 Å². The summed E-state index contributed by atoms with van der Waals surface area (Å²) in [4.78, 5) is 32.5. The molecule has 1 unspecified atom stereocenters. The molecule has 0 aliphatic carbocycles. The fraction of sp³-hybridized carbons (Fsp3) is 0.263. The first-order valence-corrected chi connectivity index (χ1v) is 8.63. The summed E-state index contributed by atoms with van der Waals surface area (Å²) in [6, 6.07) is 7.60. The third-order valence-electron chi connectivity index (χ3n) is 4.76. The number of piperazine rings is 1. The number of carbonyl (C=O) groups is 2. The normalized spacial score (nSPS) is 16.0. The van der Waals surface area contributed by atoms with Crippen LogP contribution < -0.4 is 4.90 Å². The lowest BCUT2D eigenvalue weighted by Gasteiger charge is -2.35. The second kappa shape index (κ2) is 6.81. The monoisotopic (exact) mass is 365 g/mol. The first-order valence-electron chi connectivity index (χ1n) is 8.63. The number of anilines is 1. The molecule has 2 aromatic heterocycles. The zero-order chi connectivity index (χ0) is 19.0. The molecular weight excluding hydrogens is 346 g/mol. The minimum atomic E-state index is -1.32. The second-order valence-corrected chi connectivity index (χ2v) is 6.53. The summed E-state index contributed by atoms with van der Waals surface area (Å²) in [5.41, 5.74) is 1.22. The fourth-order valence-electron chi connectivity index (χ4n) is 3.35. The molecule has 8 heteroatoms. The van der Waals surface area contributed by atoms with Crippen LogP contribution in [-0.2, 0) is 16.6 Å². The average Bonchev–Trinajstić information content (AvgIpc) is 3.13. The molecule has 1 atom stereocenters. The average molecular weight is 365 g/mol. The zero-order valence-corrected chi connectivity index (χ0v) is 14.8. The topological polar surface area (TPSA) is 91.6 Å². The molecule has 1 fully saturated rings. The SMILES string of the molecule is Cn1cc(C(O)C(=O)N2CCN(c3cccc4cnccc34)C(=O)C2)cn1. The number of hydrogen-bond acceptors (Lipinski definition) is 5. The summed E-state index contributed by atoms with van der Waals surface area (Å²) in [7, 11) is 1.71. The molecule has 1 N–H and O–H groups in total. The van der Waals surface area contributed by atoms with Crippen molar-refractivity contribution in [1.29, 1.82) is 0 Å². The van der Waals surface area contributed by atoms with Crippen LogP contribution in [0.2, 0.25) is 0 Å². The number of benzene rings is 1. The summed E-state index contributed by atoms with van der Waals surface area (Å²) in [5, 5.41) is 16.1. The third-order valence-corrected chi connectivity index (χ3v) is 4.76. The van der Waals surface area contributed by atoms with Gasteiger partial charge >= 0.3 is 0 Å². The lowest BCUT2D eigenvalue weighted by molar-refractivity contribution is -0.144. The number of rotatable bonds is 3. The van der Waals surface area contributed by atoms with Gasteiger partial charge in [-0.15, -0.1) is 0 Å². The molecular formula is C19H19N5O3. The van der Waals surface area contributed by atoms with E-state index in [0.29, 0.717) is 18.7 Å². The summed E-state index contributed by atoms with van der Waals surface area (Å²) in [6.45, 7) is 0.646. The lowest BCUT2D eigenvalue weighted by atomic mass is 10.1. The van der Waals surface area contributed by atoms with E-state index >= 15 is 0 Å². The van der Waals surface area contributed by atoms with Crippen molar-refractivity contribution in [2.24, 2.45) is 7.05 Å². The van der Waals surface area contributed by atoms with Crippen LogP contribution in [0, 0.1) is 0 Å². The van der Waals surface area contributed by atoms with Crippen LogP contribution in [0.25, 0.3) is 10.8 Å². The summed E-state index contributed by atoms with van der Waals surface area (Å²) >= 11 is 0. The quantitative estimate of drug-likeness (QED) is 0.744. The molecule has 3 aromatic rings. The Kier molecular flexibility index (Phi) is 4.33. The molecule has 0 saturated carbocycles. The number of amides is 2. The molecule has 27 heavy (non-hydrogen) atoms. The standard InChI is InChI=1S/C19H19N5O3/c1-22-11-14(10-21-22)18(26)19(27)23-7-8-24(17(25)12-23)16-4-2-3-13-9-20-6-5-15(13)16/h2-6,9-11,18,26H,7-8,12H2,1H3. The minimum absolute atomic E-state index is 0.0718. The fourth-order valence-corrected chi connectivity index (χ4v) is 3.35. The van der Waals surface area contributed by atoms with Gasteiger partial charge in [0.05, 0.1) is 11.9 Å². The highest BCUT2D eigenvalue weighted by Gasteiger charge is 2.32. The molecule has 8 nitrogen and oxygen atoms in total. The van der Waals surface area contributed by atoms with Crippen molar-refractivity contribution in [1.82, 2.24) is 19.7 Å². The van der Waals surface area contributed by atoms with E-state index in [1.165, 1.54) is 15.8 Å². The minimum Gasteiger partial charge on any atom is -0.378 e. The zero-order valence-electron chi connectivity index (χ0n) is 14.8. The molecule has 4 rings (SSSR count). The largest absolute Gasteiger partial charge is 0.378 e. The molecule has 0 bridgehead atoms. The number of fused-ring (bicyclic) bond motifs is 1. The molecule has 2 amide bonds. The number of aliphatic hydroxyl groups excluding tert-OH is 1. The van der Waals surface area contributed by atoms with Crippen molar-refractivity contribution in [2.75, 3.05) is 24.5 Å². The van der Waals surface area contributed by atoms with Gasteiger partial charge in [0.25, 0.3) is 5.91 Å². The Morgan fingerprint density at radius 3 is 2.81 bits per heavy atom. The first-order chi connectivity index (χ1) is 13.0. The Balaban J connectivity index is 1.52. The molecule has 1 saturated heterocycles. The Bertz CT molecular complexity index is 1010. The highest BCUT2D eigenvalue weighted by Crippen LogP contribution is 2.28. The first kappa shape index (κ1) is 17.2. The van der Waals surface area contributed by atoms with Gasteiger partial charge < -0.3 is 14.9 Å². The van der Waals surface area contributed by atoms with Crippen molar-refractivity contribution in [3.8, 4) is 0 Å². The van der Waals surface area contributed by atoms with Gasteiger partial charge in [-0.2, -0.15) is 5.10 Å². The van der Waals surface area contributed by atoms with E-state index in [9.17, 15) is 14.7 Å². The Morgan fingerprint density at radius 2 is 2.07 bits per heavy atom. The molecule has 0 spiro atoms. The summed E-state index contributed by atoms with van der Waals surface area (Å²) < 4.78 is 1.52. The number of aliphatic hydroxyl groups is 1. The Hall–Kier alpha value is -3.26. The highest BCUT2D eigenvalue weighted by atomic mass is 16.3. The van der Waals surface area contributed by atoms with E-state index in [1.807, 2.05) is 24.3 Å². The van der Waals surface area contributed by atoms with Crippen molar-refractivity contribution >= 4 is 28.3 Å². The predicted molar refractivity (Wildman–Crippen MR) is 98.8 cm³/mol. The Labute approximate surface area is 155 Å².